The molecule has 21 heavy (non-hydrogen) atoms. The fraction of sp³-hybridized carbons (Fsp3) is 0.688. The highest BCUT2D eigenvalue weighted by molar-refractivity contribution is 7.07. The van der Waals surface area contributed by atoms with Crippen LogP contribution < -0.4 is 10.6 Å². The first-order chi connectivity index (χ1) is 10.3. The molecule has 5 heteroatoms. The molecule has 118 valence electrons. The van der Waals surface area contributed by atoms with Gasteiger partial charge < -0.3 is 15.5 Å². The second kappa shape index (κ2) is 9.05. The van der Waals surface area contributed by atoms with Gasteiger partial charge in [0.15, 0.2) is 5.96 Å². The summed E-state index contributed by atoms with van der Waals surface area (Å²) >= 11 is 1.72. The lowest BCUT2D eigenvalue weighted by Crippen LogP contribution is -2.42. The minimum atomic E-state index is 0.747. The van der Waals surface area contributed by atoms with Crippen LogP contribution in [0.4, 0.5) is 0 Å². The standard InChI is InChI=1S/C16H28N4S/c1-3-17-16(19-12-14-8-11-21-13-14)18-9-10-20(2)15-6-4-5-7-15/h8,11,13,15H,3-7,9-10,12H2,1-2H3,(H2,17,18,19). The van der Waals surface area contributed by atoms with Crippen molar-refractivity contribution in [1.82, 2.24) is 15.5 Å². The Balaban J connectivity index is 1.72. The van der Waals surface area contributed by atoms with E-state index < -0.39 is 0 Å². The molecule has 1 aliphatic carbocycles. The molecule has 1 heterocycles. The zero-order chi connectivity index (χ0) is 14.9. The molecule has 1 aromatic heterocycles. The molecule has 0 spiro atoms. The number of aliphatic imine (C=N–C) groups is 1. The number of hydrogen-bond acceptors (Lipinski definition) is 3. The van der Waals surface area contributed by atoms with Gasteiger partial charge in [0.2, 0.25) is 0 Å². The molecule has 0 radical (unpaired) electrons. The first-order valence-corrected chi connectivity index (χ1v) is 8.97. The van der Waals surface area contributed by atoms with E-state index in [0.717, 1.165) is 38.2 Å². The summed E-state index contributed by atoms with van der Waals surface area (Å²) in [5, 5.41) is 11.0. The average molecular weight is 308 g/mol. The molecular formula is C16H28N4S. The van der Waals surface area contributed by atoms with Crippen molar-refractivity contribution in [2.45, 2.75) is 45.2 Å². The Kier molecular flexibility index (Phi) is 7.03. The SMILES string of the molecule is CCNC(=NCc1ccsc1)NCCN(C)C1CCCC1. The van der Waals surface area contributed by atoms with Gasteiger partial charge in [0.1, 0.15) is 0 Å². The maximum absolute atomic E-state index is 4.63. The lowest BCUT2D eigenvalue weighted by molar-refractivity contribution is 0.249. The van der Waals surface area contributed by atoms with Crippen molar-refractivity contribution >= 4 is 17.3 Å². The van der Waals surface area contributed by atoms with Crippen molar-refractivity contribution < 1.29 is 0 Å². The monoisotopic (exact) mass is 308 g/mol. The first-order valence-electron chi connectivity index (χ1n) is 8.03. The van der Waals surface area contributed by atoms with Crippen molar-refractivity contribution in [3.63, 3.8) is 0 Å². The number of guanidine groups is 1. The van der Waals surface area contributed by atoms with Crippen LogP contribution in [0.5, 0.6) is 0 Å². The van der Waals surface area contributed by atoms with Crippen LogP contribution in [0.15, 0.2) is 21.8 Å². The van der Waals surface area contributed by atoms with Gasteiger partial charge in [-0.05, 0) is 49.2 Å². The van der Waals surface area contributed by atoms with Crippen molar-refractivity contribution in [3.8, 4) is 0 Å². The Labute approximate surface area is 132 Å². The molecule has 0 saturated heterocycles. The van der Waals surface area contributed by atoms with Crippen LogP contribution in [-0.2, 0) is 6.54 Å². The third-order valence-corrected chi connectivity index (χ3v) is 4.78. The molecule has 0 aliphatic heterocycles. The first kappa shape index (κ1) is 16.3. The van der Waals surface area contributed by atoms with E-state index in [1.807, 2.05) is 0 Å². The Morgan fingerprint density at radius 1 is 1.38 bits per heavy atom. The van der Waals surface area contributed by atoms with Crippen LogP contribution in [0.1, 0.15) is 38.2 Å². The average Bonchev–Trinajstić information content (AvgIpc) is 3.17. The number of nitrogens with one attached hydrogen (secondary N) is 2. The molecular weight excluding hydrogens is 280 g/mol. The predicted octanol–water partition coefficient (Wildman–Crippen LogP) is 2.68. The molecule has 1 aliphatic rings. The molecule has 1 fully saturated rings. The molecule has 0 atom stereocenters. The van der Waals surface area contributed by atoms with E-state index in [0.29, 0.717) is 0 Å². The summed E-state index contributed by atoms with van der Waals surface area (Å²) in [6.07, 6.45) is 5.52. The van der Waals surface area contributed by atoms with Gasteiger partial charge in [0, 0.05) is 25.7 Å². The van der Waals surface area contributed by atoms with Gasteiger partial charge >= 0.3 is 0 Å². The topological polar surface area (TPSA) is 39.7 Å². The highest BCUT2D eigenvalue weighted by Gasteiger charge is 2.18. The molecule has 0 unspecified atom stereocenters. The minimum absolute atomic E-state index is 0.747. The van der Waals surface area contributed by atoms with Gasteiger partial charge in [0.25, 0.3) is 0 Å². The smallest absolute Gasteiger partial charge is 0.191 e. The maximum atomic E-state index is 4.63. The van der Waals surface area contributed by atoms with E-state index in [2.05, 4.69) is 51.3 Å². The van der Waals surface area contributed by atoms with Crippen LogP contribution in [0, 0.1) is 0 Å². The number of rotatable bonds is 7. The van der Waals surface area contributed by atoms with Crippen molar-refractivity contribution in [2.24, 2.45) is 4.99 Å². The summed E-state index contributed by atoms with van der Waals surface area (Å²) < 4.78 is 0. The van der Waals surface area contributed by atoms with Crippen molar-refractivity contribution in [3.05, 3.63) is 22.4 Å². The van der Waals surface area contributed by atoms with Crippen LogP contribution >= 0.6 is 11.3 Å². The van der Waals surface area contributed by atoms with Crippen LogP contribution in [0.3, 0.4) is 0 Å². The molecule has 0 bridgehead atoms. The molecule has 0 amide bonds. The quantitative estimate of drug-likeness (QED) is 0.601. The summed E-state index contributed by atoms with van der Waals surface area (Å²) in [6, 6.07) is 2.92. The Bertz CT molecular complexity index is 410. The Hall–Kier alpha value is -1.07. The van der Waals surface area contributed by atoms with Crippen LogP contribution in [0.2, 0.25) is 0 Å². The second-order valence-corrected chi connectivity index (χ2v) is 6.45. The maximum Gasteiger partial charge on any atom is 0.191 e. The van der Waals surface area contributed by atoms with Gasteiger partial charge in [-0.25, -0.2) is 4.99 Å². The normalized spacial score (nSPS) is 16.6. The molecule has 0 aromatic carbocycles. The lowest BCUT2D eigenvalue weighted by atomic mass is 10.2. The molecule has 1 aromatic rings. The van der Waals surface area contributed by atoms with Gasteiger partial charge in [-0.2, -0.15) is 11.3 Å². The van der Waals surface area contributed by atoms with E-state index in [1.165, 1.54) is 31.2 Å². The van der Waals surface area contributed by atoms with E-state index >= 15 is 0 Å². The second-order valence-electron chi connectivity index (χ2n) is 5.67. The number of likely N-dealkylation sites (N-methyl/N-ethyl adjacent to an activating group) is 1. The third kappa shape index (κ3) is 5.67. The largest absolute Gasteiger partial charge is 0.357 e. The highest BCUT2D eigenvalue weighted by atomic mass is 32.1. The van der Waals surface area contributed by atoms with Crippen LogP contribution in [0.25, 0.3) is 0 Å². The minimum Gasteiger partial charge on any atom is -0.357 e. The van der Waals surface area contributed by atoms with Gasteiger partial charge in [-0.1, -0.05) is 12.8 Å². The summed E-state index contributed by atoms with van der Waals surface area (Å²) in [6.45, 7) is 5.77. The summed E-state index contributed by atoms with van der Waals surface area (Å²) in [4.78, 5) is 7.12. The Morgan fingerprint density at radius 2 is 2.19 bits per heavy atom. The molecule has 1 saturated carbocycles. The fourth-order valence-electron chi connectivity index (χ4n) is 2.77. The van der Waals surface area contributed by atoms with E-state index in [9.17, 15) is 0 Å². The highest BCUT2D eigenvalue weighted by Crippen LogP contribution is 2.21. The van der Waals surface area contributed by atoms with Crippen molar-refractivity contribution in [2.75, 3.05) is 26.7 Å². The van der Waals surface area contributed by atoms with E-state index in [1.54, 1.807) is 11.3 Å². The van der Waals surface area contributed by atoms with Crippen molar-refractivity contribution in [1.29, 1.82) is 0 Å². The molecule has 2 rings (SSSR count). The summed E-state index contributed by atoms with van der Waals surface area (Å²) in [5.41, 5.74) is 1.28. The number of hydrogen-bond donors (Lipinski definition) is 2. The fourth-order valence-corrected chi connectivity index (χ4v) is 3.43. The predicted molar refractivity (Wildman–Crippen MR) is 92.0 cm³/mol. The third-order valence-electron chi connectivity index (χ3n) is 4.05. The zero-order valence-electron chi connectivity index (χ0n) is 13.3. The van der Waals surface area contributed by atoms with Crippen LogP contribution in [-0.4, -0.2) is 43.6 Å². The number of thiophene rings is 1. The van der Waals surface area contributed by atoms with Gasteiger partial charge in [-0.3, -0.25) is 0 Å². The summed E-state index contributed by atoms with van der Waals surface area (Å²) in [7, 11) is 2.24. The van der Waals surface area contributed by atoms with Gasteiger partial charge in [-0.15, -0.1) is 0 Å². The molecule has 4 nitrogen and oxygen atoms in total. The van der Waals surface area contributed by atoms with E-state index in [4.69, 9.17) is 0 Å². The lowest BCUT2D eigenvalue weighted by Gasteiger charge is -2.24. The Morgan fingerprint density at radius 3 is 2.86 bits per heavy atom. The van der Waals surface area contributed by atoms with E-state index in [-0.39, 0.29) is 0 Å². The van der Waals surface area contributed by atoms with Gasteiger partial charge in [0.05, 0.1) is 6.54 Å². The zero-order valence-corrected chi connectivity index (χ0v) is 14.1. The summed E-state index contributed by atoms with van der Waals surface area (Å²) in [5.74, 6) is 0.920. The number of nitrogens with zero attached hydrogens (tertiary/aromatic N) is 2. The molecule has 2 N–H and O–H groups in total.